The van der Waals surface area contributed by atoms with E-state index in [2.05, 4.69) is 37.6 Å². The number of alkyl halides is 3. The lowest BCUT2D eigenvalue weighted by atomic mass is 9.64. The maximum atomic E-state index is 15.0. The summed E-state index contributed by atoms with van der Waals surface area (Å²) in [4.78, 5) is 136. The number of aliphatic hydroxyl groups excluding tert-OH is 1. The number of unbranched alkanes of at least 4 members (excludes halogenated alkanes) is 2. The van der Waals surface area contributed by atoms with Gasteiger partial charge in [-0.2, -0.15) is 13.2 Å². The second-order valence-electron chi connectivity index (χ2n) is 33.3. The Bertz CT molecular complexity index is 3650. The number of allylic oxidation sites excluding steroid dienone is 10. The number of amides is 9. The second-order valence-corrected chi connectivity index (χ2v) is 33.3. The van der Waals surface area contributed by atoms with E-state index in [1.54, 1.807) is 109 Å². The Balaban J connectivity index is 1.05. The number of nitrogens with zero attached hydrogens (tertiary/aromatic N) is 5. The molecule has 0 saturated carbocycles. The average molecular weight is 1610 g/mol. The van der Waals surface area contributed by atoms with Gasteiger partial charge in [0.1, 0.15) is 30.8 Å². The Morgan fingerprint density at radius 2 is 1.36 bits per heavy atom. The largest absolute Gasteiger partial charge is 0.445 e. The summed E-state index contributed by atoms with van der Waals surface area (Å²) >= 11 is 0. The molecular formula is C89H135F3N10O13. The van der Waals surface area contributed by atoms with Gasteiger partial charge in [-0.25, -0.2) is 4.79 Å². The third-order valence-electron chi connectivity index (χ3n) is 23.8. The number of rotatable bonds is 44. The molecule has 15 atom stereocenters. The number of ether oxygens (including phenoxy) is 3. The number of aliphatic hydroxyl groups is 1. The minimum atomic E-state index is -4.75. The first-order valence-corrected chi connectivity index (χ1v) is 41.9. The third-order valence-corrected chi connectivity index (χ3v) is 23.8. The first kappa shape index (κ1) is 95.8. The quantitative estimate of drug-likeness (QED) is 0.0204. The lowest BCUT2D eigenvalue weighted by Crippen LogP contribution is -2.60. The molecule has 0 aromatic heterocycles. The molecular weight excluding hydrogens is 1470 g/mol. The first-order chi connectivity index (χ1) is 54.5. The van der Waals surface area contributed by atoms with E-state index in [1.807, 2.05) is 95.3 Å². The van der Waals surface area contributed by atoms with E-state index in [0.29, 0.717) is 74.8 Å². The maximum Gasteiger partial charge on any atom is 0.410 e. The van der Waals surface area contributed by atoms with Crippen molar-refractivity contribution in [2.45, 2.75) is 272 Å². The van der Waals surface area contributed by atoms with Gasteiger partial charge in [-0.1, -0.05) is 192 Å². The molecule has 640 valence electrons. The van der Waals surface area contributed by atoms with Crippen LogP contribution in [0.25, 0.3) is 0 Å². The van der Waals surface area contributed by atoms with Crippen LogP contribution in [0.2, 0.25) is 0 Å². The highest BCUT2D eigenvalue weighted by atomic mass is 19.4. The van der Waals surface area contributed by atoms with E-state index in [-0.39, 0.29) is 81.2 Å². The van der Waals surface area contributed by atoms with Gasteiger partial charge in [0.05, 0.1) is 60.7 Å². The van der Waals surface area contributed by atoms with Crippen molar-refractivity contribution in [1.29, 1.82) is 0 Å². The predicted octanol–water partition coefficient (Wildman–Crippen LogP) is 13.1. The molecule has 2 aromatic carbocycles. The molecule has 6 N–H and O–H groups in total. The number of likely N-dealkylation sites (tertiary alicyclic amines) is 3. The summed E-state index contributed by atoms with van der Waals surface area (Å²) in [6, 6.07) is 7.05. The van der Waals surface area contributed by atoms with Crippen molar-refractivity contribution in [2.24, 2.45) is 40.9 Å². The Labute approximate surface area is 682 Å². The zero-order valence-electron chi connectivity index (χ0n) is 71.4. The maximum absolute atomic E-state index is 15.0. The van der Waals surface area contributed by atoms with E-state index in [0.717, 1.165) is 43.5 Å². The number of hydrogen-bond acceptors (Lipinski definition) is 15. The molecule has 4 aliphatic rings. The molecule has 1 aliphatic carbocycles. The lowest BCUT2D eigenvalue weighted by Gasteiger charge is -2.41. The van der Waals surface area contributed by atoms with E-state index in [9.17, 15) is 48.3 Å². The summed E-state index contributed by atoms with van der Waals surface area (Å²) in [5.74, 6) is -6.56. The van der Waals surface area contributed by atoms with Gasteiger partial charge in [-0.15, -0.1) is 0 Å². The van der Waals surface area contributed by atoms with Crippen LogP contribution in [0.4, 0.5) is 23.7 Å². The van der Waals surface area contributed by atoms with Crippen molar-refractivity contribution in [3.05, 3.63) is 125 Å². The van der Waals surface area contributed by atoms with E-state index in [4.69, 9.17) is 14.2 Å². The molecule has 3 aliphatic heterocycles. The third kappa shape index (κ3) is 27.0. The van der Waals surface area contributed by atoms with Crippen LogP contribution in [0.15, 0.2) is 114 Å². The Morgan fingerprint density at radius 3 is 1.97 bits per heavy atom. The summed E-state index contributed by atoms with van der Waals surface area (Å²) in [5, 5.41) is 25.2. The number of halogens is 3. The van der Waals surface area contributed by atoms with Gasteiger partial charge in [0, 0.05) is 58.9 Å². The molecule has 3 heterocycles. The van der Waals surface area contributed by atoms with Gasteiger partial charge in [0.25, 0.3) is 0 Å². The molecule has 9 amide bonds. The Kier molecular flexibility index (Phi) is 38.5. The summed E-state index contributed by atoms with van der Waals surface area (Å²) in [5.41, 5.74) is 2.88. The van der Waals surface area contributed by atoms with Crippen LogP contribution in [0, 0.1) is 40.9 Å². The highest BCUT2D eigenvalue weighted by Crippen LogP contribution is 2.49. The van der Waals surface area contributed by atoms with Crippen LogP contribution in [0.1, 0.15) is 210 Å². The number of carbonyl (C=O) groups excluding carboxylic acids is 9. The predicted molar refractivity (Wildman–Crippen MR) is 442 cm³/mol. The molecule has 2 aromatic rings. The summed E-state index contributed by atoms with van der Waals surface area (Å²) in [6.45, 7) is 26.5. The minimum Gasteiger partial charge on any atom is -0.445 e. The zero-order chi connectivity index (χ0) is 85.0. The molecule has 3 saturated heterocycles. The molecule has 0 radical (unpaired) electrons. The van der Waals surface area contributed by atoms with Gasteiger partial charge in [-0.05, 0) is 157 Å². The monoisotopic (exact) mass is 1610 g/mol. The lowest BCUT2D eigenvalue weighted by molar-refractivity contribution is -0.161. The average Bonchev–Trinajstić information content (AvgIpc) is 1.64. The number of imide groups is 1. The number of likely N-dealkylation sites (N-methyl/N-ethyl adjacent to an activating group) is 2. The molecule has 26 heteroatoms. The SMILES string of the molecule is CC[C@H](C)[C@@H]([C@@H](CC(=O)N1CCC[C@H]1[C@H](OC)[C@@H](C)C(=O)N[C@H](C)[C@@H](O)c1ccccc1)OC)N(C)C(=O)[C@@H](NC(=O)[C@H](C(C)C)N(C)C(=O)OCc1ccc(NC(=O)[C@H](CCCN2CCCCC2)NC(=O)[C@@H](N[C@@H](CCCCCN2C(=O)CC(C(CC)(CC=C(C)C)C3=C/C=C\C=C/C=C3)C2=O)C(F)(F)F)C(C)C)cc1)C(C)C. The first-order valence-electron chi connectivity index (χ1n) is 41.9. The van der Waals surface area contributed by atoms with E-state index < -0.39 is 138 Å². The number of hydrogen-bond donors (Lipinski definition) is 6. The van der Waals surface area contributed by atoms with Crippen molar-refractivity contribution in [3.8, 4) is 0 Å². The van der Waals surface area contributed by atoms with Crippen LogP contribution < -0.4 is 26.6 Å². The summed E-state index contributed by atoms with van der Waals surface area (Å²) in [7, 11) is 6.09. The smallest absolute Gasteiger partial charge is 0.410 e. The fraction of sp³-hybridized carbons (Fsp3) is 0.652. The molecule has 6 rings (SSSR count). The fourth-order valence-corrected chi connectivity index (χ4v) is 16.7. The van der Waals surface area contributed by atoms with Gasteiger partial charge < -0.3 is 55.3 Å². The van der Waals surface area contributed by atoms with Crippen molar-refractivity contribution in [1.82, 2.24) is 45.8 Å². The normalized spacial score (nSPS) is 20.4. The fourth-order valence-electron chi connectivity index (χ4n) is 16.7. The van der Waals surface area contributed by atoms with Gasteiger partial charge >= 0.3 is 12.3 Å². The Morgan fingerprint density at radius 1 is 0.696 bits per heavy atom. The van der Waals surface area contributed by atoms with Crippen molar-refractivity contribution in [3.63, 3.8) is 0 Å². The zero-order valence-corrected chi connectivity index (χ0v) is 71.4. The molecule has 2 unspecified atom stereocenters. The number of nitrogens with one attached hydrogen (secondary N) is 5. The van der Waals surface area contributed by atoms with Crippen LogP contribution in [0.5, 0.6) is 0 Å². The van der Waals surface area contributed by atoms with Crippen molar-refractivity contribution in [2.75, 3.05) is 66.4 Å². The number of methoxy groups -OCH3 is 2. The standard InChI is InChI=1S/C89H135F3N10O13/c1-18-61(11)78(71(113-16)55-74(104)101-53-35-41-70(101)80(114-17)62(12)81(106)93-63(13)79(105)65-36-26-23-27-37-65)98(14)86(111)76(59(7)8)97-84(109)77(60(9)10)99(15)87(112)115-56-64-43-45-67(46-44-64)94-82(107)69(40-34-51-100-49-31-25-32-50-100)95-83(108)75(58(5)6)96-72(89(90,91)92)42-30-24-33-52-102-73(103)54-68(85(102)110)88(19-2,48-47-57(3)4)66-38-28-21-20-22-29-39-66/h20-23,26-29,36-39,43-47,58-63,68-72,75-80,96,105H,18-19,24-25,30-35,40-42,48-56H2,1-17H3,(H,93,106)(H,94,107)(H,95,108)(H,97,109)/b21-20-,22-20?,28-21?,29-22-,38-28?,39-29?,66-38?,66-39?/t61-,62+,63+,68?,69-,70-,71+,72-,75-,76-,77-,78-,79+,80+,88?/m0/s1. The van der Waals surface area contributed by atoms with Gasteiger partial charge in [0.15, 0.2) is 0 Å². The van der Waals surface area contributed by atoms with Crippen molar-refractivity contribution < 1.29 is 75.6 Å². The number of anilines is 1. The Hall–Kier alpha value is -8.04. The summed E-state index contributed by atoms with van der Waals surface area (Å²) in [6.07, 6.45) is 14.8. The topological polar surface area (TPSA) is 278 Å². The molecule has 0 bridgehead atoms. The molecule has 23 nitrogen and oxygen atoms in total. The molecule has 0 spiro atoms. The molecule has 3 fully saturated rings. The van der Waals surface area contributed by atoms with E-state index in [1.165, 1.54) is 31.1 Å². The minimum absolute atomic E-state index is 0.0329. The van der Waals surface area contributed by atoms with Gasteiger partial charge in [-0.3, -0.25) is 53.5 Å². The van der Waals surface area contributed by atoms with E-state index >= 15 is 13.2 Å². The highest BCUT2D eigenvalue weighted by molar-refractivity contribution is 6.04. The summed E-state index contributed by atoms with van der Waals surface area (Å²) < 4.78 is 63.0. The van der Waals surface area contributed by atoms with Crippen molar-refractivity contribution >= 4 is 59.0 Å². The van der Waals surface area contributed by atoms with Crippen LogP contribution >= 0.6 is 0 Å². The number of carbonyl (C=O) groups is 9. The molecule has 115 heavy (non-hydrogen) atoms. The van der Waals surface area contributed by atoms with Crippen LogP contribution in [-0.4, -0.2) is 211 Å². The highest BCUT2D eigenvalue weighted by Gasteiger charge is 2.52. The van der Waals surface area contributed by atoms with Crippen LogP contribution in [0.3, 0.4) is 0 Å². The number of piperidine rings is 1. The van der Waals surface area contributed by atoms with Gasteiger partial charge in [0.2, 0.25) is 47.3 Å². The van der Waals surface area contributed by atoms with Crippen LogP contribution in [-0.2, 0) is 59.2 Å². The second kappa shape index (κ2) is 46.2. The number of benzene rings is 2.